The van der Waals surface area contributed by atoms with Gasteiger partial charge in [-0.1, -0.05) is 12.1 Å². The maximum absolute atomic E-state index is 13.0. The van der Waals surface area contributed by atoms with E-state index in [4.69, 9.17) is 9.47 Å². The van der Waals surface area contributed by atoms with Crippen molar-refractivity contribution < 1.29 is 37.0 Å². The van der Waals surface area contributed by atoms with Gasteiger partial charge in [0.05, 0.1) is 31.7 Å². The zero-order valence-electron chi connectivity index (χ0n) is 19.1. The Morgan fingerprint density at radius 1 is 1.09 bits per heavy atom. The minimum Gasteiger partial charge on any atom is -0.493 e. The lowest BCUT2D eigenvalue weighted by Crippen LogP contribution is -2.41. The average Bonchev–Trinajstić information content (AvgIpc) is 3.42. The Kier molecular flexibility index (Phi) is 7.00. The monoisotopic (exact) mass is 490 g/mol. The van der Waals surface area contributed by atoms with Crippen molar-refractivity contribution in [1.29, 1.82) is 0 Å². The fourth-order valence-corrected chi connectivity index (χ4v) is 4.33. The first-order chi connectivity index (χ1) is 16.7. The molecule has 1 N–H and O–H groups in total. The van der Waals surface area contributed by atoms with E-state index in [0.29, 0.717) is 11.5 Å². The molecule has 0 unspecified atom stereocenters. The second kappa shape index (κ2) is 9.97. The van der Waals surface area contributed by atoms with Crippen LogP contribution in [0.25, 0.3) is 0 Å². The number of carbonyl (C=O) groups is 3. The summed E-state index contributed by atoms with van der Waals surface area (Å²) in [6.45, 7) is -0.310. The van der Waals surface area contributed by atoms with Gasteiger partial charge in [-0.15, -0.1) is 0 Å². The van der Waals surface area contributed by atoms with E-state index < -0.39 is 35.5 Å². The second-order valence-electron chi connectivity index (χ2n) is 8.64. The van der Waals surface area contributed by atoms with Gasteiger partial charge in [-0.25, -0.2) is 0 Å². The van der Waals surface area contributed by atoms with Crippen LogP contribution in [0.3, 0.4) is 0 Å². The lowest BCUT2D eigenvalue weighted by Gasteiger charge is -2.18. The number of halogens is 3. The number of benzene rings is 2. The van der Waals surface area contributed by atoms with Gasteiger partial charge in [-0.05, 0) is 61.6 Å². The molecule has 186 valence electrons. The third kappa shape index (κ3) is 5.58. The molecule has 2 aliphatic rings. The number of likely N-dealkylation sites (tertiary alicyclic amines) is 1. The minimum atomic E-state index is -4.54. The third-order valence-corrected chi connectivity index (χ3v) is 6.17. The summed E-state index contributed by atoms with van der Waals surface area (Å²) in [7, 11) is 1.50. The number of nitrogens with one attached hydrogen (secondary N) is 1. The summed E-state index contributed by atoms with van der Waals surface area (Å²) in [5.41, 5.74) is -0.471. The molecule has 0 spiro atoms. The van der Waals surface area contributed by atoms with Gasteiger partial charge < -0.3 is 14.8 Å². The normalized spacial score (nSPS) is 18.7. The summed E-state index contributed by atoms with van der Waals surface area (Å²) in [6, 6.07) is 7.99. The zero-order chi connectivity index (χ0) is 25.2. The molecule has 0 bridgehead atoms. The zero-order valence-corrected chi connectivity index (χ0v) is 19.1. The van der Waals surface area contributed by atoms with Crippen molar-refractivity contribution >= 4 is 17.7 Å². The van der Waals surface area contributed by atoms with Crippen LogP contribution in [0.5, 0.6) is 11.5 Å². The molecule has 2 fully saturated rings. The highest BCUT2D eigenvalue weighted by Gasteiger charge is 2.40. The minimum absolute atomic E-state index is 0.0423. The first-order valence-electron chi connectivity index (χ1n) is 11.3. The first kappa shape index (κ1) is 24.6. The number of methoxy groups -OCH3 is 1. The number of hydrogen-bond donors (Lipinski definition) is 1. The molecule has 1 aliphatic heterocycles. The van der Waals surface area contributed by atoms with Crippen LogP contribution in [-0.2, 0) is 22.3 Å². The highest BCUT2D eigenvalue weighted by atomic mass is 19.4. The van der Waals surface area contributed by atoms with Crippen molar-refractivity contribution in [2.75, 3.05) is 7.11 Å². The maximum Gasteiger partial charge on any atom is 0.416 e. The molecule has 0 radical (unpaired) electrons. The largest absolute Gasteiger partial charge is 0.493 e. The number of rotatable bonds is 7. The van der Waals surface area contributed by atoms with Crippen LogP contribution in [0.2, 0.25) is 0 Å². The summed E-state index contributed by atoms with van der Waals surface area (Å²) in [5, 5.41) is 2.56. The molecular formula is C25H25F3N2O5. The van der Waals surface area contributed by atoms with E-state index in [1.807, 2.05) is 0 Å². The number of carbonyl (C=O) groups excluding carboxylic acids is 3. The predicted octanol–water partition coefficient (Wildman–Crippen LogP) is 4.09. The molecule has 1 heterocycles. The van der Waals surface area contributed by atoms with Crippen molar-refractivity contribution in [2.45, 2.75) is 57.0 Å². The van der Waals surface area contributed by atoms with Crippen molar-refractivity contribution in [2.24, 2.45) is 0 Å². The number of nitrogens with zero attached hydrogens (tertiary/aromatic N) is 1. The van der Waals surface area contributed by atoms with Gasteiger partial charge in [0.15, 0.2) is 11.5 Å². The Hall–Kier alpha value is -3.56. The van der Waals surface area contributed by atoms with Crippen LogP contribution in [0.15, 0.2) is 42.5 Å². The molecule has 4 rings (SSSR count). The summed E-state index contributed by atoms with van der Waals surface area (Å²) >= 11 is 0. The summed E-state index contributed by atoms with van der Waals surface area (Å²) in [5.74, 6) is -0.912. The standard InChI is InChI=1S/C25H25F3N2O5/c1-34-20-10-9-16(12-21(20)35-18-7-2-3-8-18)23(32)29-19-13-22(31)30(24(19)33)14-15-5-4-6-17(11-15)25(26,27)28/h4-6,9-12,18-19H,2-3,7-8,13-14H2,1H3,(H,29,32)/t19-/m1/s1. The van der Waals surface area contributed by atoms with Crippen LogP contribution in [0.4, 0.5) is 13.2 Å². The SMILES string of the molecule is COc1ccc(C(=O)N[C@@H]2CC(=O)N(Cc3cccc(C(F)(F)F)c3)C2=O)cc1OC1CCCC1. The van der Waals surface area contributed by atoms with E-state index in [0.717, 1.165) is 42.7 Å². The molecule has 0 aromatic heterocycles. The summed E-state index contributed by atoms with van der Waals surface area (Å²) in [4.78, 5) is 38.9. The number of imide groups is 1. The fraction of sp³-hybridized carbons (Fsp3) is 0.400. The van der Waals surface area contributed by atoms with E-state index in [-0.39, 0.29) is 30.2 Å². The van der Waals surface area contributed by atoms with Gasteiger partial charge in [-0.2, -0.15) is 13.2 Å². The van der Waals surface area contributed by atoms with E-state index >= 15 is 0 Å². The van der Waals surface area contributed by atoms with Gasteiger partial charge in [0, 0.05) is 5.56 Å². The highest BCUT2D eigenvalue weighted by Crippen LogP contribution is 2.33. The van der Waals surface area contributed by atoms with Gasteiger partial charge in [0.1, 0.15) is 6.04 Å². The van der Waals surface area contributed by atoms with Crippen LogP contribution in [0, 0.1) is 0 Å². The molecule has 35 heavy (non-hydrogen) atoms. The molecule has 3 amide bonds. The van der Waals surface area contributed by atoms with Gasteiger partial charge in [-0.3, -0.25) is 19.3 Å². The average molecular weight is 490 g/mol. The molecule has 1 saturated carbocycles. The Labute approximate surface area is 200 Å². The predicted molar refractivity (Wildman–Crippen MR) is 119 cm³/mol. The molecular weight excluding hydrogens is 465 g/mol. The Bertz CT molecular complexity index is 1130. The quantitative estimate of drug-likeness (QED) is 0.591. The van der Waals surface area contributed by atoms with Crippen molar-refractivity contribution in [3.63, 3.8) is 0 Å². The summed E-state index contributed by atoms with van der Waals surface area (Å²) < 4.78 is 50.3. The molecule has 2 aromatic rings. The lowest BCUT2D eigenvalue weighted by atomic mass is 10.1. The van der Waals surface area contributed by atoms with Crippen LogP contribution in [0.1, 0.15) is 53.6 Å². The van der Waals surface area contributed by atoms with E-state index in [1.54, 1.807) is 6.07 Å². The van der Waals surface area contributed by atoms with E-state index in [1.165, 1.54) is 31.4 Å². The third-order valence-electron chi connectivity index (χ3n) is 6.17. The van der Waals surface area contributed by atoms with Gasteiger partial charge in [0.25, 0.3) is 11.8 Å². The number of hydrogen-bond acceptors (Lipinski definition) is 5. The lowest BCUT2D eigenvalue weighted by molar-refractivity contribution is -0.139. The van der Waals surface area contributed by atoms with Crippen LogP contribution >= 0.6 is 0 Å². The van der Waals surface area contributed by atoms with Gasteiger partial charge >= 0.3 is 6.18 Å². The fourth-order valence-electron chi connectivity index (χ4n) is 4.33. The van der Waals surface area contributed by atoms with Crippen molar-refractivity contribution in [3.8, 4) is 11.5 Å². The number of amides is 3. The van der Waals surface area contributed by atoms with Crippen LogP contribution < -0.4 is 14.8 Å². The molecule has 1 atom stereocenters. The topological polar surface area (TPSA) is 84.9 Å². The highest BCUT2D eigenvalue weighted by molar-refractivity contribution is 6.08. The summed E-state index contributed by atoms with van der Waals surface area (Å²) in [6.07, 6.45) is -0.792. The molecule has 2 aromatic carbocycles. The maximum atomic E-state index is 13.0. The van der Waals surface area contributed by atoms with E-state index in [9.17, 15) is 27.6 Å². The van der Waals surface area contributed by atoms with Crippen molar-refractivity contribution in [3.05, 3.63) is 59.2 Å². The number of alkyl halides is 3. The van der Waals surface area contributed by atoms with E-state index in [2.05, 4.69) is 5.32 Å². The van der Waals surface area contributed by atoms with Crippen LogP contribution in [-0.4, -0.2) is 41.9 Å². The Balaban J connectivity index is 1.44. The molecule has 1 aliphatic carbocycles. The van der Waals surface area contributed by atoms with Crippen molar-refractivity contribution in [1.82, 2.24) is 10.2 Å². The second-order valence-corrected chi connectivity index (χ2v) is 8.64. The Morgan fingerprint density at radius 2 is 1.83 bits per heavy atom. The molecule has 10 heteroatoms. The number of ether oxygens (including phenoxy) is 2. The molecule has 7 nitrogen and oxygen atoms in total. The smallest absolute Gasteiger partial charge is 0.416 e. The first-order valence-corrected chi connectivity index (χ1v) is 11.3. The molecule has 1 saturated heterocycles. The Morgan fingerprint density at radius 3 is 2.51 bits per heavy atom. The van der Waals surface area contributed by atoms with Gasteiger partial charge in [0.2, 0.25) is 5.91 Å².